The molecular weight excluding hydrogens is 517 g/mol. The average molecular weight is 557 g/mol. The number of nitrogens with one attached hydrogen (secondary N) is 1. The third-order valence-corrected chi connectivity index (χ3v) is 5.86. The van der Waals surface area contributed by atoms with Crippen molar-refractivity contribution in [2.75, 3.05) is 25.0 Å². The van der Waals surface area contributed by atoms with Crippen LogP contribution in [-0.2, 0) is 6.18 Å². The second-order valence-electron chi connectivity index (χ2n) is 9.11. The first-order chi connectivity index (χ1) is 19.2. The van der Waals surface area contributed by atoms with E-state index < -0.39 is 17.9 Å². The molecule has 2 heterocycles. The van der Waals surface area contributed by atoms with E-state index in [0.29, 0.717) is 11.1 Å². The molecule has 0 spiro atoms. The Morgan fingerprint density at radius 1 is 1.15 bits per heavy atom. The molecule has 0 bridgehead atoms. The summed E-state index contributed by atoms with van der Waals surface area (Å²) in [6, 6.07) is 11.6. The van der Waals surface area contributed by atoms with Crippen LogP contribution in [0, 0.1) is 0 Å². The number of carbonyl (C=O) groups excluding carboxylic acids is 1. The highest BCUT2D eigenvalue weighted by Gasteiger charge is 2.37. The first-order valence-corrected chi connectivity index (χ1v) is 13.4. The molecule has 3 aromatic rings. The molecule has 1 aromatic carbocycles. The lowest BCUT2D eigenvalue weighted by Gasteiger charge is -2.24. The van der Waals surface area contributed by atoms with Crippen LogP contribution in [0.15, 0.2) is 72.1 Å². The van der Waals surface area contributed by atoms with Crippen LogP contribution in [-0.4, -0.2) is 47.0 Å². The Labute approximate surface area is 234 Å². The van der Waals surface area contributed by atoms with E-state index in [4.69, 9.17) is 0 Å². The van der Waals surface area contributed by atoms with Crippen LogP contribution in [0.5, 0.6) is 0 Å². The first-order valence-electron chi connectivity index (χ1n) is 13.4. The van der Waals surface area contributed by atoms with Gasteiger partial charge in [-0.2, -0.15) is 18.3 Å². The molecule has 216 valence electrons. The van der Waals surface area contributed by atoms with Gasteiger partial charge in [0, 0.05) is 55.6 Å². The Kier molecular flexibility index (Phi) is 13.1. The predicted molar refractivity (Wildman–Crippen MR) is 156 cm³/mol. The Morgan fingerprint density at radius 3 is 2.52 bits per heavy atom. The van der Waals surface area contributed by atoms with E-state index in [1.165, 1.54) is 32.3 Å². The lowest BCUT2D eigenvalue weighted by Crippen LogP contribution is -2.26. The molecule has 0 aliphatic carbocycles. The van der Waals surface area contributed by atoms with Crippen LogP contribution in [0.1, 0.15) is 69.1 Å². The molecule has 40 heavy (non-hydrogen) atoms. The fraction of sp³-hybridized carbons (Fsp3) is 0.400. The van der Waals surface area contributed by atoms with Crippen LogP contribution >= 0.6 is 0 Å². The van der Waals surface area contributed by atoms with Gasteiger partial charge in [0.25, 0.3) is 5.91 Å². The number of amides is 1. The number of halogens is 3. The lowest BCUT2D eigenvalue weighted by molar-refractivity contribution is -0.144. The van der Waals surface area contributed by atoms with Gasteiger partial charge in [-0.15, -0.1) is 0 Å². The topological polar surface area (TPSA) is 75.4 Å². The summed E-state index contributed by atoms with van der Waals surface area (Å²) >= 11 is 0. The van der Waals surface area contributed by atoms with Gasteiger partial charge in [-0.1, -0.05) is 32.4 Å². The fourth-order valence-electron chi connectivity index (χ4n) is 3.93. The minimum Gasteiger partial charge on any atom is -0.372 e. The number of anilines is 1. The molecule has 0 saturated carbocycles. The number of rotatable bonds is 11. The number of alkyl halides is 3. The highest BCUT2D eigenvalue weighted by Crippen LogP contribution is 2.33. The average Bonchev–Trinajstić information content (AvgIpc) is 3.42. The Balaban J connectivity index is 0.000000280. The zero-order valence-electron chi connectivity index (χ0n) is 23.8. The van der Waals surface area contributed by atoms with Gasteiger partial charge in [0.05, 0.1) is 11.7 Å². The zero-order valence-corrected chi connectivity index (χ0v) is 23.8. The third kappa shape index (κ3) is 9.66. The molecule has 0 saturated heterocycles. The maximum absolute atomic E-state index is 13.1. The molecule has 3 rings (SSSR count). The van der Waals surface area contributed by atoms with Gasteiger partial charge < -0.3 is 10.2 Å². The molecule has 1 N–H and O–H groups in total. The number of aromatic nitrogens is 3. The fourth-order valence-corrected chi connectivity index (χ4v) is 3.93. The van der Waals surface area contributed by atoms with Crippen molar-refractivity contribution in [2.45, 2.75) is 59.2 Å². The SMILES string of the molecule is C/C=C/NC(=O)c1cccc(N(CCC)CCCC)c1.CN=CC(C)n1nc(-c2cccnc2)cc1C(F)(F)F. The molecule has 1 unspecified atom stereocenters. The quantitative estimate of drug-likeness (QED) is 0.254. The number of carbonyl (C=O) groups is 1. The van der Waals surface area contributed by atoms with Crippen molar-refractivity contribution >= 4 is 17.8 Å². The molecule has 0 aliphatic rings. The summed E-state index contributed by atoms with van der Waals surface area (Å²) in [7, 11) is 1.51. The predicted octanol–water partition coefficient (Wildman–Crippen LogP) is 7.19. The van der Waals surface area contributed by atoms with E-state index in [1.54, 1.807) is 31.5 Å². The molecule has 1 atom stereocenters. The van der Waals surface area contributed by atoms with Crippen molar-refractivity contribution in [3.05, 3.63) is 78.4 Å². The maximum atomic E-state index is 13.1. The van der Waals surface area contributed by atoms with Crippen molar-refractivity contribution in [2.24, 2.45) is 4.99 Å². The van der Waals surface area contributed by atoms with Gasteiger partial charge >= 0.3 is 6.18 Å². The summed E-state index contributed by atoms with van der Waals surface area (Å²) in [6.45, 7) is 9.93. The summed E-state index contributed by atoms with van der Waals surface area (Å²) in [6.07, 6.45) is 6.92. The van der Waals surface area contributed by atoms with Crippen LogP contribution in [0.2, 0.25) is 0 Å². The van der Waals surface area contributed by atoms with E-state index in [-0.39, 0.29) is 11.6 Å². The van der Waals surface area contributed by atoms with Gasteiger partial charge in [0.2, 0.25) is 0 Å². The summed E-state index contributed by atoms with van der Waals surface area (Å²) in [5, 5.41) is 6.78. The van der Waals surface area contributed by atoms with Crippen molar-refractivity contribution in [3.8, 4) is 11.3 Å². The minimum atomic E-state index is -4.47. The Morgan fingerprint density at radius 2 is 1.93 bits per heavy atom. The van der Waals surface area contributed by atoms with Crippen LogP contribution in [0.3, 0.4) is 0 Å². The summed E-state index contributed by atoms with van der Waals surface area (Å²) in [5.74, 6) is -0.0584. The first kappa shape index (κ1) is 32.3. The van der Waals surface area contributed by atoms with Crippen molar-refractivity contribution < 1.29 is 18.0 Å². The van der Waals surface area contributed by atoms with Gasteiger partial charge in [-0.05, 0) is 69.3 Å². The van der Waals surface area contributed by atoms with E-state index in [2.05, 4.69) is 45.2 Å². The standard InChI is InChI=1S/C17H26N2O.C13H13F3N4/c1-4-7-13-19(12-6-3)16-10-8-9-15(14-16)17(20)18-11-5-2;1-9(7-17-2)20-12(13(14,15)16)6-11(19-20)10-4-3-5-18-8-10/h5,8-11,14H,4,6-7,12-13H2,1-3H3,(H,18,20);3-9H,1-2H3/b11-5+;. The molecule has 7 nitrogen and oxygen atoms in total. The van der Waals surface area contributed by atoms with E-state index in [1.807, 2.05) is 31.2 Å². The minimum absolute atomic E-state index is 0.0584. The van der Waals surface area contributed by atoms with Crippen molar-refractivity contribution in [1.82, 2.24) is 20.1 Å². The Bertz CT molecular complexity index is 1240. The molecule has 0 aliphatic heterocycles. The number of allylic oxidation sites excluding steroid dienone is 1. The Hall–Kier alpha value is -3.95. The van der Waals surface area contributed by atoms with E-state index >= 15 is 0 Å². The molecule has 2 aromatic heterocycles. The van der Waals surface area contributed by atoms with Crippen LogP contribution in [0.4, 0.5) is 18.9 Å². The second kappa shape index (κ2) is 16.2. The number of hydrogen-bond acceptors (Lipinski definition) is 5. The van der Waals surface area contributed by atoms with Gasteiger partial charge in [-0.3, -0.25) is 19.5 Å². The number of nitrogens with zero attached hydrogens (tertiary/aromatic N) is 5. The van der Waals surface area contributed by atoms with Crippen molar-refractivity contribution in [3.63, 3.8) is 0 Å². The number of pyridine rings is 1. The number of benzene rings is 1. The number of aliphatic imine (C=N–C) groups is 1. The smallest absolute Gasteiger partial charge is 0.372 e. The third-order valence-electron chi connectivity index (χ3n) is 5.86. The zero-order chi connectivity index (χ0) is 29.5. The van der Waals surface area contributed by atoms with Gasteiger partial charge in [0.15, 0.2) is 0 Å². The summed E-state index contributed by atoms with van der Waals surface area (Å²) in [4.78, 5) is 22.0. The summed E-state index contributed by atoms with van der Waals surface area (Å²) < 4.78 is 40.1. The molecule has 1 amide bonds. The van der Waals surface area contributed by atoms with Crippen LogP contribution in [0.25, 0.3) is 11.3 Å². The molecule has 0 fully saturated rings. The molecule has 10 heteroatoms. The van der Waals surface area contributed by atoms with Gasteiger partial charge in [0.1, 0.15) is 5.69 Å². The van der Waals surface area contributed by atoms with Crippen LogP contribution < -0.4 is 10.2 Å². The number of unbranched alkanes of at least 4 members (excludes halogenated alkanes) is 1. The largest absolute Gasteiger partial charge is 0.433 e. The highest BCUT2D eigenvalue weighted by molar-refractivity contribution is 5.95. The normalized spacial score (nSPS) is 12.3. The maximum Gasteiger partial charge on any atom is 0.433 e. The summed E-state index contributed by atoms with van der Waals surface area (Å²) in [5.41, 5.74) is 1.81. The monoisotopic (exact) mass is 556 g/mol. The highest BCUT2D eigenvalue weighted by atomic mass is 19.4. The van der Waals surface area contributed by atoms with E-state index in [9.17, 15) is 18.0 Å². The molecular formula is C30H39F3N6O. The van der Waals surface area contributed by atoms with Gasteiger partial charge in [-0.25, -0.2) is 0 Å². The molecule has 0 radical (unpaired) electrons. The lowest BCUT2D eigenvalue weighted by atomic mass is 10.1. The van der Waals surface area contributed by atoms with E-state index in [0.717, 1.165) is 35.9 Å². The van der Waals surface area contributed by atoms with Crippen molar-refractivity contribution in [1.29, 1.82) is 0 Å². The second-order valence-corrected chi connectivity index (χ2v) is 9.11. The number of hydrogen-bond donors (Lipinski definition) is 1.